The molecule has 148 valence electrons. The van der Waals surface area contributed by atoms with Crippen LogP contribution in [0.4, 0.5) is 11.4 Å². The molecule has 2 aromatic rings. The third-order valence-corrected chi connectivity index (χ3v) is 4.44. The first-order valence-electron chi connectivity index (χ1n) is 9.07. The van der Waals surface area contributed by atoms with Gasteiger partial charge in [-0.05, 0) is 43.9 Å². The lowest BCUT2D eigenvalue weighted by atomic mass is 10.2. The Balaban J connectivity index is 1.60. The van der Waals surface area contributed by atoms with Crippen LogP contribution in [0.3, 0.4) is 0 Å². The van der Waals surface area contributed by atoms with Gasteiger partial charge in [-0.25, -0.2) is 0 Å². The molecule has 1 N–H and O–H groups in total. The van der Waals surface area contributed by atoms with Gasteiger partial charge in [-0.2, -0.15) is 0 Å². The van der Waals surface area contributed by atoms with Crippen LogP contribution < -0.4 is 19.5 Å². The first-order chi connectivity index (χ1) is 13.5. The molecule has 2 aromatic carbocycles. The van der Waals surface area contributed by atoms with Gasteiger partial charge >= 0.3 is 0 Å². The standard InChI is InChI=1S/C20H22N2O6/c1-26-18-10-9-14(11-19(18)28-16-6-2-3-7-16)21-20(23)13-27-17-8-4-5-15(12-17)22(24)25/h4-5,8-12,16H,2-3,6-7,13H2,1H3,(H,21,23). The van der Waals surface area contributed by atoms with E-state index in [1.807, 2.05) is 0 Å². The lowest BCUT2D eigenvalue weighted by Gasteiger charge is -2.17. The number of ether oxygens (including phenoxy) is 3. The molecule has 0 unspecified atom stereocenters. The largest absolute Gasteiger partial charge is 0.493 e. The van der Waals surface area contributed by atoms with E-state index < -0.39 is 4.92 Å². The summed E-state index contributed by atoms with van der Waals surface area (Å²) in [6.07, 6.45) is 4.49. The maximum absolute atomic E-state index is 12.2. The second-order valence-electron chi connectivity index (χ2n) is 6.48. The van der Waals surface area contributed by atoms with Crippen molar-refractivity contribution in [2.45, 2.75) is 31.8 Å². The van der Waals surface area contributed by atoms with Gasteiger partial charge in [0, 0.05) is 17.8 Å². The fourth-order valence-electron chi connectivity index (χ4n) is 3.07. The number of anilines is 1. The van der Waals surface area contributed by atoms with Crippen molar-refractivity contribution in [2.24, 2.45) is 0 Å². The van der Waals surface area contributed by atoms with Crippen molar-refractivity contribution < 1.29 is 23.9 Å². The fraction of sp³-hybridized carbons (Fsp3) is 0.350. The average Bonchev–Trinajstić information content (AvgIpc) is 3.20. The van der Waals surface area contributed by atoms with Crippen LogP contribution in [-0.2, 0) is 4.79 Å². The molecule has 1 saturated carbocycles. The van der Waals surface area contributed by atoms with Crippen LogP contribution in [0.25, 0.3) is 0 Å². The molecule has 8 nitrogen and oxygen atoms in total. The lowest BCUT2D eigenvalue weighted by molar-refractivity contribution is -0.384. The second kappa shape index (κ2) is 9.07. The van der Waals surface area contributed by atoms with Gasteiger partial charge in [0.05, 0.1) is 24.2 Å². The van der Waals surface area contributed by atoms with Crippen LogP contribution in [0.2, 0.25) is 0 Å². The average molecular weight is 386 g/mol. The zero-order valence-electron chi connectivity index (χ0n) is 15.6. The van der Waals surface area contributed by atoms with E-state index in [4.69, 9.17) is 14.2 Å². The third-order valence-electron chi connectivity index (χ3n) is 4.44. The highest BCUT2D eigenvalue weighted by atomic mass is 16.6. The van der Waals surface area contributed by atoms with Gasteiger partial charge in [0.15, 0.2) is 18.1 Å². The van der Waals surface area contributed by atoms with Gasteiger partial charge in [0.25, 0.3) is 11.6 Å². The number of rotatable bonds is 8. The van der Waals surface area contributed by atoms with Gasteiger partial charge in [-0.15, -0.1) is 0 Å². The minimum Gasteiger partial charge on any atom is -0.493 e. The van der Waals surface area contributed by atoms with Crippen LogP contribution in [0.1, 0.15) is 25.7 Å². The third kappa shape index (κ3) is 5.12. The van der Waals surface area contributed by atoms with Crippen molar-refractivity contribution in [3.8, 4) is 17.2 Å². The topological polar surface area (TPSA) is 99.9 Å². The molecule has 0 heterocycles. The zero-order valence-corrected chi connectivity index (χ0v) is 15.6. The van der Waals surface area contributed by atoms with Crippen LogP contribution in [0.5, 0.6) is 17.2 Å². The number of carbonyl (C=O) groups excluding carboxylic acids is 1. The maximum Gasteiger partial charge on any atom is 0.273 e. The number of amides is 1. The predicted molar refractivity (Wildman–Crippen MR) is 103 cm³/mol. The molecule has 1 fully saturated rings. The summed E-state index contributed by atoms with van der Waals surface area (Å²) in [5.41, 5.74) is 0.461. The Labute approximate surface area is 162 Å². The maximum atomic E-state index is 12.2. The molecule has 0 radical (unpaired) electrons. The minimum atomic E-state index is -0.518. The first-order valence-corrected chi connectivity index (χ1v) is 9.07. The monoisotopic (exact) mass is 386 g/mol. The summed E-state index contributed by atoms with van der Waals surface area (Å²) in [4.78, 5) is 22.4. The van der Waals surface area contributed by atoms with Gasteiger partial charge < -0.3 is 19.5 Å². The number of hydrogen-bond donors (Lipinski definition) is 1. The van der Waals surface area contributed by atoms with E-state index in [1.54, 1.807) is 31.4 Å². The highest BCUT2D eigenvalue weighted by Gasteiger charge is 2.19. The number of hydrogen-bond acceptors (Lipinski definition) is 6. The molecule has 1 aliphatic rings. The van der Waals surface area contributed by atoms with E-state index in [1.165, 1.54) is 18.2 Å². The minimum absolute atomic E-state index is 0.0956. The Morgan fingerprint density at radius 2 is 1.96 bits per heavy atom. The summed E-state index contributed by atoms with van der Waals surface area (Å²) in [5.74, 6) is 1.07. The molecule has 3 rings (SSSR count). The number of nitrogens with one attached hydrogen (secondary N) is 1. The molecule has 1 amide bonds. The second-order valence-corrected chi connectivity index (χ2v) is 6.48. The number of benzene rings is 2. The van der Waals surface area contributed by atoms with Crippen molar-refractivity contribution in [1.29, 1.82) is 0 Å². The number of methoxy groups -OCH3 is 1. The van der Waals surface area contributed by atoms with E-state index >= 15 is 0 Å². The van der Waals surface area contributed by atoms with Crippen molar-refractivity contribution in [1.82, 2.24) is 0 Å². The summed E-state index contributed by atoms with van der Waals surface area (Å²) in [7, 11) is 1.57. The van der Waals surface area contributed by atoms with Crippen molar-refractivity contribution in [3.63, 3.8) is 0 Å². The first kappa shape index (κ1) is 19.5. The molecule has 0 aromatic heterocycles. The molecular weight excluding hydrogens is 364 g/mol. The Morgan fingerprint density at radius 1 is 1.18 bits per heavy atom. The molecule has 0 atom stereocenters. The number of nitrogens with zero attached hydrogens (tertiary/aromatic N) is 1. The normalized spacial score (nSPS) is 13.8. The Morgan fingerprint density at radius 3 is 2.68 bits per heavy atom. The Hall–Kier alpha value is -3.29. The molecule has 0 saturated heterocycles. The van der Waals surface area contributed by atoms with Crippen molar-refractivity contribution >= 4 is 17.3 Å². The number of nitro benzene ring substituents is 1. The zero-order chi connectivity index (χ0) is 19.9. The lowest BCUT2D eigenvalue weighted by Crippen LogP contribution is -2.20. The summed E-state index contributed by atoms with van der Waals surface area (Å²) in [6, 6.07) is 10.9. The van der Waals surface area contributed by atoms with Crippen LogP contribution in [0, 0.1) is 10.1 Å². The number of nitro groups is 1. The van der Waals surface area contributed by atoms with Gasteiger partial charge in [-0.3, -0.25) is 14.9 Å². The fourth-order valence-corrected chi connectivity index (χ4v) is 3.07. The van der Waals surface area contributed by atoms with Gasteiger partial charge in [-0.1, -0.05) is 6.07 Å². The molecule has 0 bridgehead atoms. The van der Waals surface area contributed by atoms with E-state index in [-0.39, 0.29) is 30.1 Å². The highest BCUT2D eigenvalue weighted by molar-refractivity contribution is 5.92. The van der Waals surface area contributed by atoms with Crippen molar-refractivity contribution in [3.05, 3.63) is 52.6 Å². The van der Waals surface area contributed by atoms with Crippen molar-refractivity contribution in [2.75, 3.05) is 19.0 Å². The number of carbonyl (C=O) groups is 1. The molecule has 0 spiro atoms. The molecular formula is C20H22N2O6. The van der Waals surface area contributed by atoms with Gasteiger partial charge in [0.2, 0.25) is 0 Å². The molecule has 28 heavy (non-hydrogen) atoms. The van der Waals surface area contributed by atoms with Crippen LogP contribution >= 0.6 is 0 Å². The van der Waals surface area contributed by atoms with E-state index in [2.05, 4.69) is 5.32 Å². The summed E-state index contributed by atoms with van der Waals surface area (Å²) in [5, 5.41) is 13.5. The molecule has 0 aliphatic heterocycles. The molecule has 8 heteroatoms. The Bertz CT molecular complexity index is 848. The van der Waals surface area contributed by atoms with E-state index in [0.29, 0.717) is 17.2 Å². The van der Waals surface area contributed by atoms with E-state index in [0.717, 1.165) is 25.7 Å². The van der Waals surface area contributed by atoms with Crippen LogP contribution in [0.15, 0.2) is 42.5 Å². The SMILES string of the molecule is COc1ccc(NC(=O)COc2cccc([N+](=O)[O-])c2)cc1OC1CCCC1. The van der Waals surface area contributed by atoms with Crippen LogP contribution in [-0.4, -0.2) is 30.7 Å². The summed E-state index contributed by atoms with van der Waals surface area (Å²) < 4.78 is 16.7. The summed E-state index contributed by atoms with van der Waals surface area (Å²) >= 11 is 0. The highest BCUT2D eigenvalue weighted by Crippen LogP contribution is 2.34. The molecule has 1 aliphatic carbocycles. The quantitative estimate of drug-likeness (QED) is 0.545. The number of non-ortho nitro benzene ring substituents is 1. The predicted octanol–water partition coefficient (Wildman–Crippen LogP) is 3.94. The van der Waals surface area contributed by atoms with E-state index in [9.17, 15) is 14.9 Å². The Kier molecular flexibility index (Phi) is 6.31. The summed E-state index contributed by atoms with van der Waals surface area (Å²) in [6.45, 7) is -0.272. The van der Waals surface area contributed by atoms with Gasteiger partial charge in [0.1, 0.15) is 5.75 Å². The smallest absolute Gasteiger partial charge is 0.273 e.